The molecule has 0 aliphatic heterocycles. The molecule has 2 N–H and O–H groups in total. The lowest BCUT2D eigenvalue weighted by Gasteiger charge is -2.26. The number of hydrogen-bond acceptors (Lipinski definition) is 2. The standard InChI is InChI=1S/C9H16N2O2/c1-6(12)11(2)8-5-3-4-7(8)9(10)13/h7-8H,3-5H2,1-2H3,(H2,10,13)/t7?,8-/m0/s1. The molecule has 74 valence electrons. The summed E-state index contributed by atoms with van der Waals surface area (Å²) in [6.45, 7) is 1.51. The van der Waals surface area contributed by atoms with Crippen molar-refractivity contribution < 1.29 is 9.59 Å². The Kier molecular flexibility index (Phi) is 2.90. The summed E-state index contributed by atoms with van der Waals surface area (Å²) in [6, 6.07) is 0.0231. The lowest BCUT2D eigenvalue weighted by Crippen LogP contribution is -2.42. The molecule has 1 unspecified atom stereocenters. The van der Waals surface area contributed by atoms with Gasteiger partial charge in [0, 0.05) is 20.0 Å². The van der Waals surface area contributed by atoms with E-state index >= 15 is 0 Å². The second kappa shape index (κ2) is 3.77. The van der Waals surface area contributed by atoms with Crippen LogP contribution in [0.4, 0.5) is 0 Å². The van der Waals surface area contributed by atoms with Gasteiger partial charge >= 0.3 is 0 Å². The van der Waals surface area contributed by atoms with Crippen LogP contribution in [-0.2, 0) is 9.59 Å². The number of hydrogen-bond donors (Lipinski definition) is 1. The van der Waals surface area contributed by atoms with Crippen LogP contribution in [0.15, 0.2) is 0 Å². The summed E-state index contributed by atoms with van der Waals surface area (Å²) in [5.41, 5.74) is 5.25. The first-order valence-corrected chi connectivity index (χ1v) is 4.56. The fourth-order valence-corrected chi connectivity index (χ4v) is 1.97. The topological polar surface area (TPSA) is 63.4 Å². The minimum atomic E-state index is -0.282. The van der Waals surface area contributed by atoms with Gasteiger partial charge in [0.1, 0.15) is 0 Å². The van der Waals surface area contributed by atoms with Crippen molar-refractivity contribution in [3.63, 3.8) is 0 Å². The fourth-order valence-electron chi connectivity index (χ4n) is 1.97. The van der Waals surface area contributed by atoms with E-state index < -0.39 is 0 Å². The van der Waals surface area contributed by atoms with Crippen molar-refractivity contribution >= 4 is 11.8 Å². The number of rotatable bonds is 2. The largest absolute Gasteiger partial charge is 0.369 e. The monoisotopic (exact) mass is 184 g/mol. The molecule has 1 aliphatic carbocycles. The molecule has 0 bridgehead atoms. The molecule has 0 aromatic heterocycles. The van der Waals surface area contributed by atoms with E-state index in [4.69, 9.17) is 5.73 Å². The maximum Gasteiger partial charge on any atom is 0.222 e. The van der Waals surface area contributed by atoms with E-state index in [0.29, 0.717) is 0 Å². The fraction of sp³-hybridized carbons (Fsp3) is 0.778. The maximum absolute atomic E-state index is 11.1. The van der Waals surface area contributed by atoms with Crippen molar-refractivity contribution in [1.82, 2.24) is 4.90 Å². The van der Waals surface area contributed by atoms with Gasteiger partial charge in [0.25, 0.3) is 0 Å². The third kappa shape index (κ3) is 1.99. The van der Waals surface area contributed by atoms with E-state index in [1.807, 2.05) is 0 Å². The highest BCUT2D eigenvalue weighted by Crippen LogP contribution is 2.28. The third-order valence-corrected chi connectivity index (χ3v) is 2.84. The minimum Gasteiger partial charge on any atom is -0.369 e. The first-order chi connectivity index (χ1) is 6.04. The predicted molar refractivity (Wildman–Crippen MR) is 48.8 cm³/mol. The Balaban J connectivity index is 2.68. The Hall–Kier alpha value is -1.06. The summed E-state index contributed by atoms with van der Waals surface area (Å²) in [6.07, 6.45) is 2.69. The normalized spacial score (nSPS) is 27.2. The smallest absolute Gasteiger partial charge is 0.222 e. The first kappa shape index (κ1) is 10.0. The highest BCUT2D eigenvalue weighted by Gasteiger charge is 2.34. The summed E-state index contributed by atoms with van der Waals surface area (Å²) in [4.78, 5) is 23.7. The third-order valence-electron chi connectivity index (χ3n) is 2.84. The van der Waals surface area contributed by atoms with Gasteiger partial charge in [0.05, 0.1) is 5.92 Å². The summed E-state index contributed by atoms with van der Waals surface area (Å²) in [5, 5.41) is 0. The van der Waals surface area contributed by atoms with Crippen molar-refractivity contribution in [2.24, 2.45) is 11.7 Å². The van der Waals surface area contributed by atoms with Gasteiger partial charge in [-0.25, -0.2) is 0 Å². The van der Waals surface area contributed by atoms with Crippen LogP contribution >= 0.6 is 0 Å². The maximum atomic E-state index is 11.1. The molecule has 0 saturated heterocycles. The van der Waals surface area contributed by atoms with Crippen molar-refractivity contribution in [1.29, 1.82) is 0 Å². The van der Waals surface area contributed by atoms with Crippen molar-refractivity contribution in [2.75, 3.05) is 7.05 Å². The van der Waals surface area contributed by atoms with Gasteiger partial charge in [0.2, 0.25) is 11.8 Å². The minimum absolute atomic E-state index is 0.00171. The Morgan fingerprint density at radius 3 is 2.46 bits per heavy atom. The van der Waals surface area contributed by atoms with Gasteiger partial charge < -0.3 is 10.6 Å². The molecule has 2 amide bonds. The Morgan fingerprint density at radius 1 is 1.38 bits per heavy atom. The molecule has 1 rings (SSSR count). The molecule has 2 atom stereocenters. The van der Waals surface area contributed by atoms with Crippen LogP contribution in [0, 0.1) is 5.92 Å². The van der Waals surface area contributed by atoms with Gasteiger partial charge in [-0.2, -0.15) is 0 Å². The zero-order valence-electron chi connectivity index (χ0n) is 8.12. The van der Waals surface area contributed by atoms with Crippen LogP contribution in [0.5, 0.6) is 0 Å². The van der Waals surface area contributed by atoms with Gasteiger partial charge in [0.15, 0.2) is 0 Å². The van der Waals surface area contributed by atoms with E-state index in [9.17, 15) is 9.59 Å². The molecule has 13 heavy (non-hydrogen) atoms. The average molecular weight is 184 g/mol. The number of nitrogens with zero attached hydrogens (tertiary/aromatic N) is 1. The molecular weight excluding hydrogens is 168 g/mol. The number of carbonyl (C=O) groups excluding carboxylic acids is 2. The summed E-state index contributed by atoms with van der Waals surface area (Å²) in [7, 11) is 1.73. The quantitative estimate of drug-likeness (QED) is 0.662. The van der Waals surface area contributed by atoms with Gasteiger partial charge in [-0.3, -0.25) is 9.59 Å². The van der Waals surface area contributed by atoms with Crippen LogP contribution in [0.1, 0.15) is 26.2 Å². The average Bonchev–Trinajstić information content (AvgIpc) is 2.50. The lowest BCUT2D eigenvalue weighted by molar-refractivity contribution is -0.132. The molecule has 0 spiro atoms. The van der Waals surface area contributed by atoms with Crippen molar-refractivity contribution in [3.05, 3.63) is 0 Å². The van der Waals surface area contributed by atoms with E-state index in [-0.39, 0.29) is 23.8 Å². The zero-order chi connectivity index (χ0) is 10.0. The molecule has 0 aromatic carbocycles. The highest BCUT2D eigenvalue weighted by molar-refractivity contribution is 5.79. The predicted octanol–water partition coefficient (Wildman–Crippen LogP) is 0.119. The molecule has 0 aromatic rings. The lowest BCUT2D eigenvalue weighted by atomic mass is 10.0. The number of primary amides is 1. The Labute approximate surface area is 78.1 Å². The molecule has 4 nitrogen and oxygen atoms in total. The molecule has 0 radical (unpaired) electrons. The van der Waals surface area contributed by atoms with Crippen molar-refractivity contribution in [2.45, 2.75) is 32.2 Å². The molecule has 1 aliphatic rings. The highest BCUT2D eigenvalue weighted by atomic mass is 16.2. The van der Waals surface area contributed by atoms with Gasteiger partial charge in [-0.05, 0) is 12.8 Å². The van der Waals surface area contributed by atoms with Gasteiger partial charge in [-0.1, -0.05) is 6.42 Å². The van der Waals surface area contributed by atoms with E-state index in [1.165, 1.54) is 6.92 Å². The number of amides is 2. The number of carbonyl (C=O) groups is 2. The second-order valence-corrected chi connectivity index (χ2v) is 3.64. The molecular formula is C9H16N2O2. The van der Waals surface area contributed by atoms with Crippen LogP contribution in [0.25, 0.3) is 0 Å². The van der Waals surface area contributed by atoms with Crippen LogP contribution in [-0.4, -0.2) is 29.8 Å². The van der Waals surface area contributed by atoms with Crippen LogP contribution < -0.4 is 5.73 Å². The zero-order valence-corrected chi connectivity index (χ0v) is 8.12. The molecule has 1 saturated carbocycles. The Morgan fingerprint density at radius 2 is 2.00 bits per heavy atom. The van der Waals surface area contributed by atoms with Crippen molar-refractivity contribution in [3.8, 4) is 0 Å². The van der Waals surface area contributed by atoms with Crippen LogP contribution in [0.2, 0.25) is 0 Å². The molecule has 4 heteroatoms. The van der Waals surface area contributed by atoms with Gasteiger partial charge in [-0.15, -0.1) is 0 Å². The summed E-state index contributed by atoms with van der Waals surface area (Å²) in [5.74, 6) is -0.428. The molecule has 1 fully saturated rings. The first-order valence-electron chi connectivity index (χ1n) is 4.56. The SMILES string of the molecule is CC(=O)N(C)[C@H]1CCCC1C(N)=O. The summed E-state index contributed by atoms with van der Waals surface area (Å²) >= 11 is 0. The molecule has 0 heterocycles. The van der Waals surface area contributed by atoms with Crippen LogP contribution in [0.3, 0.4) is 0 Å². The van der Waals surface area contributed by atoms with E-state index in [1.54, 1.807) is 11.9 Å². The van der Waals surface area contributed by atoms with E-state index in [2.05, 4.69) is 0 Å². The second-order valence-electron chi connectivity index (χ2n) is 3.64. The number of nitrogens with two attached hydrogens (primary N) is 1. The summed E-state index contributed by atoms with van der Waals surface area (Å²) < 4.78 is 0. The Bertz CT molecular complexity index is 228. The van der Waals surface area contributed by atoms with E-state index in [0.717, 1.165) is 19.3 Å².